The third-order valence-corrected chi connectivity index (χ3v) is 6.25. The number of halogens is 2. The van der Waals surface area contributed by atoms with Crippen molar-refractivity contribution < 1.29 is 17.9 Å². The third kappa shape index (κ3) is 5.15. The molecular formula is C19H21Cl2NO4S. The van der Waals surface area contributed by atoms with Gasteiger partial charge >= 0.3 is 5.97 Å². The van der Waals surface area contributed by atoms with Crippen LogP contribution in [0.15, 0.2) is 41.3 Å². The summed E-state index contributed by atoms with van der Waals surface area (Å²) in [6, 6.07) is 9.42. The van der Waals surface area contributed by atoms with Gasteiger partial charge < -0.3 is 4.74 Å². The van der Waals surface area contributed by atoms with Crippen LogP contribution in [-0.2, 0) is 19.6 Å². The van der Waals surface area contributed by atoms with E-state index >= 15 is 0 Å². The number of rotatable bonds is 6. The number of benzene rings is 2. The number of sulfonamides is 1. The molecule has 2 rings (SSSR count). The Morgan fingerprint density at radius 2 is 1.74 bits per heavy atom. The summed E-state index contributed by atoms with van der Waals surface area (Å²) in [5, 5.41) is 0.358. The van der Waals surface area contributed by atoms with E-state index in [9.17, 15) is 13.2 Å². The van der Waals surface area contributed by atoms with Gasteiger partial charge in [0.1, 0.15) is 6.54 Å². The molecule has 0 aliphatic rings. The number of esters is 1. The molecule has 8 heteroatoms. The predicted octanol–water partition coefficient (Wildman–Crippen LogP) is 4.76. The smallest absolute Gasteiger partial charge is 0.327 e. The third-order valence-electron chi connectivity index (χ3n) is 3.75. The molecule has 0 bridgehead atoms. The maximum Gasteiger partial charge on any atom is 0.327 e. The van der Waals surface area contributed by atoms with Gasteiger partial charge in [-0.15, -0.1) is 0 Å². The lowest BCUT2D eigenvalue weighted by Crippen LogP contribution is -2.37. The van der Waals surface area contributed by atoms with Gasteiger partial charge in [0.25, 0.3) is 10.0 Å². The molecule has 0 fully saturated rings. The Hall–Kier alpha value is -1.76. The average molecular weight is 430 g/mol. The SMILES string of the molecule is Cc1ccc(C)c(N(CC(=O)OC(C)C)S(=O)(=O)c2ccc(Cl)c(Cl)c2)c1. The molecule has 146 valence electrons. The molecule has 0 saturated carbocycles. The van der Waals surface area contributed by atoms with E-state index in [1.54, 1.807) is 32.9 Å². The lowest BCUT2D eigenvalue weighted by Gasteiger charge is -2.26. The number of anilines is 1. The molecule has 0 unspecified atom stereocenters. The zero-order valence-electron chi connectivity index (χ0n) is 15.5. The monoisotopic (exact) mass is 429 g/mol. The van der Waals surface area contributed by atoms with Crippen molar-refractivity contribution in [1.82, 2.24) is 0 Å². The Morgan fingerprint density at radius 3 is 2.33 bits per heavy atom. The van der Waals surface area contributed by atoms with Crippen molar-refractivity contribution in [3.63, 3.8) is 0 Å². The summed E-state index contributed by atoms with van der Waals surface area (Å²) < 4.78 is 32.8. The molecule has 0 heterocycles. The van der Waals surface area contributed by atoms with E-state index in [-0.39, 0.29) is 21.0 Å². The van der Waals surface area contributed by atoms with Crippen LogP contribution in [0.5, 0.6) is 0 Å². The van der Waals surface area contributed by atoms with E-state index < -0.39 is 22.5 Å². The fourth-order valence-electron chi connectivity index (χ4n) is 2.47. The van der Waals surface area contributed by atoms with Gasteiger partial charge in [0.05, 0.1) is 26.7 Å². The van der Waals surface area contributed by atoms with Crippen molar-refractivity contribution in [2.24, 2.45) is 0 Å². The lowest BCUT2D eigenvalue weighted by atomic mass is 10.1. The standard InChI is InChI=1S/C19H21Cl2NO4S/c1-12(2)26-19(23)11-22(18-9-13(3)5-6-14(18)4)27(24,25)15-7-8-16(20)17(21)10-15/h5-10,12H,11H2,1-4H3. The van der Waals surface area contributed by atoms with Crippen LogP contribution in [0.1, 0.15) is 25.0 Å². The van der Waals surface area contributed by atoms with Crippen molar-refractivity contribution in [2.75, 3.05) is 10.8 Å². The Bertz CT molecular complexity index is 958. The zero-order valence-corrected chi connectivity index (χ0v) is 17.8. The minimum atomic E-state index is -4.07. The van der Waals surface area contributed by atoms with Crippen LogP contribution in [0.4, 0.5) is 5.69 Å². The second-order valence-electron chi connectivity index (χ2n) is 6.42. The van der Waals surface area contributed by atoms with Gasteiger partial charge in [-0.25, -0.2) is 8.42 Å². The van der Waals surface area contributed by atoms with E-state index in [2.05, 4.69) is 0 Å². The van der Waals surface area contributed by atoms with Crippen molar-refractivity contribution in [2.45, 2.75) is 38.7 Å². The van der Waals surface area contributed by atoms with Crippen LogP contribution in [0.2, 0.25) is 10.0 Å². The fraction of sp³-hybridized carbons (Fsp3) is 0.316. The van der Waals surface area contributed by atoms with Crippen molar-refractivity contribution in [1.29, 1.82) is 0 Å². The van der Waals surface area contributed by atoms with E-state index in [1.165, 1.54) is 18.2 Å². The van der Waals surface area contributed by atoms with Gasteiger partial charge in [-0.05, 0) is 63.1 Å². The van der Waals surface area contributed by atoms with Crippen LogP contribution in [0, 0.1) is 13.8 Å². The number of nitrogens with zero attached hydrogens (tertiary/aromatic N) is 1. The first kappa shape index (κ1) is 21.5. The summed E-state index contributed by atoms with van der Waals surface area (Å²) in [6.07, 6.45) is -0.356. The number of hydrogen-bond acceptors (Lipinski definition) is 4. The van der Waals surface area contributed by atoms with Crippen molar-refractivity contribution in [3.8, 4) is 0 Å². The van der Waals surface area contributed by atoms with Crippen LogP contribution < -0.4 is 4.31 Å². The van der Waals surface area contributed by atoms with Crippen molar-refractivity contribution >= 4 is 44.9 Å². The summed E-state index contributed by atoms with van der Waals surface area (Å²) >= 11 is 11.9. The minimum Gasteiger partial charge on any atom is -0.462 e. The molecule has 0 aromatic heterocycles. The molecule has 0 aliphatic heterocycles. The number of ether oxygens (including phenoxy) is 1. The Balaban J connectivity index is 2.58. The topological polar surface area (TPSA) is 63.7 Å². The molecule has 0 radical (unpaired) electrons. The summed E-state index contributed by atoms with van der Waals surface area (Å²) in [5.41, 5.74) is 1.98. The second-order valence-corrected chi connectivity index (χ2v) is 9.09. The summed E-state index contributed by atoms with van der Waals surface area (Å²) in [4.78, 5) is 12.2. The highest BCUT2D eigenvalue weighted by Gasteiger charge is 2.29. The lowest BCUT2D eigenvalue weighted by molar-refractivity contribution is -0.145. The van der Waals surface area contributed by atoms with Gasteiger partial charge in [0.15, 0.2) is 0 Å². The molecule has 0 N–H and O–H groups in total. The van der Waals surface area contributed by atoms with Crippen LogP contribution in [0.25, 0.3) is 0 Å². The van der Waals surface area contributed by atoms with Crippen LogP contribution in [-0.4, -0.2) is 27.0 Å². The van der Waals surface area contributed by atoms with Crippen molar-refractivity contribution in [3.05, 3.63) is 57.6 Å². The first-order valence-electron chi connectivity index (χ1n) is 8.27. The maximum absolute atomic E-state index is 13.3. The van der Waals surface area contributed by atoms with E-state index in [1.807, 2.05) is 13.0 Å². The van der Waals surface area contributed by atoms with Gasteiger partial charge in [-0.1, -0.05) is 35.3 Å². The number of hydrogen-bond donors (Lipinski definition) is 0. The highest BCUT2D eigenvalue weighted by molar-refractivity contribution is 7.92. The number of carbonyl (C=O) groups excluding carboxylic acids is 1. The molecule has 2 aromatic carbocycles. The molecule has 27 heavy (non-hydrogen) atoms. The highest BCUT2D eigenvalue weighted by atomic mass is 35.5. The molecule has 0 aliphatic carbocycles. The minimum absolute atomic E-state index is 0.0600. The van der Waals surface area contributed by atoms with E-state index in [4.69, 9.17) is 27.9 Å². The summed E-state index contributed by atoms with van der Waals surface area (Å²) in [7, 11) is -4.07. The first-order valence-corrected chi connectivity index (χ1v) is 10.5. The Kier molecular flexibility index (Phi) is 6.78. The van der Waals surface area contributed by atoms with Gasteiger partial charge in [-0.3, -0.25) is 9.10 Å². The average Bonchev–Trinajstić information content (AvgIpc) is 2.56. The molecular weight excluding hydrogens is 409 g/mol. The maximum atomic E-state index is 13.3. The highest BCUT2D eigenvalue weighted by Crippen LogP contribution is 2.31. The Morgan fingerprint density at radius 1 is 1.07 bits per heavy atom. The zero-order chi connectivity index (χ0) is 20.4. The predicted molar refractivity (Wildman–Crippen MR) is 108 cm³/mol. The number of carbonyl (C=O) groups is 1. The van der Waals surface area contributed by atoms with Gasteiger partial charge in [-0.2, -0.15) is 0 Å². The number of aryl methyl sites for hydroxylation is 2. The molecule has 0 spiro atoms. The molecule has 0 atom stereocenters. The normalized spacial score (nSPS) is 11.5. The van der Waals surface area contributed by atoms with Crippen LogP contribution in [0.3, 0.4) is 0 Å². The first-order chi connectivity index (χ1) is 12.5. The second kappa shape index (κ2) is 8.50. The van der Waals surface area contributed by atoms with Gasteiger partial charge in [0, 0.05) is 0 Å². The quantitative estimate of drug-likeness (QED) is 0.620. The van der Waals surface area contributed by atoms with Gasteiger partial charge in [0.2, 0.25) is 0 Å². The Labute approximate surface area is 169 Å². The summed E-state index contributed by atoms with van der Waals surface area (Å²) in [6.45, 7) is 6.57. The van der Waals surface area contributed by atoms with E-state index in [0.717, 1.165) is 9.87 Å². The van der Waals surface area contributed by atoms with Crippen LogP contribution >= 0.6 is 23.2 Å². The molecule has 2 aromatic rings. The fourth-order valence-corrected chi connectivity index (χ4v) is 4.32. The largest absolute Gasteiger partial charge is 0.462 e. The summed E-state index contributed by atoms with van der Waals surface area (Å²) in [5.74, 6) is -0.644. The molecule has 5 nitrogen and oxygen atoms in total. The molecule has 0 saturated heterocycles. The molecule has 0 amide bonds. The van der Waals surface area contributed by atoms with E-state index in [0.29, 0.717) is 11.3 Å².